The number of thiophene rings is 1. The highest BCUT2D eigenvalue weighted by Gasteiger charge is 2.07. The lowest BCUT2D eigenvalue weighted by Crippen LogP contribution is -3.11. The molecule has 0 fully saturated rings. The maximum Gasteiger partial charge on any atom is 0.266 e. The maximum absolute atomic E-state index is 11.8. The maximum atomic E-state index is 11.8. The summed E-state index contributed by atoms with van der Waals surface area (Å²) in [6.07, 6.45) is 0. The second kappa shape index (κ2) is 6.63. The highest BCUT2D eigenvalue weighted by Crippen LogP contribution is 2.20. The molecule has 4 nitrogen and oxygen atoms in total. The van der Waals surface area contributed by atoms with Crippen molar-refractivity contribution in [1.29, 1.82) is 0 Å². The van der Waals surface area contributed by atoms with E-state index in [2.05, 4.69) is 18.9 Å². The predicted octanol–water partition coefficient (Wildman–Crippen LogP) is 0.897. The van der Waals surface area contributed by atoms with Crippen molar-refractivity contribution in [3.8, 4) is 10.6 Å². The summed E-state index contributed by atoms with van der Waals surface area (Å²) in [7, 11) is 0. The number of rotatable bonds is 6. The monoisotopic (exact) mass is 278 g/mol. The average molecular weight is 278 g/mol. The molecule has 0 atom stereocenters. The number of nitrogens with zero attached hydrogens (tertiary/aromatic N) is 2. The number of aromatic nitrogens is 2. The molecule has 0 aliphatic heterocycles. The van der Waals surface area contributed by atoms with E-state index >= 15 is 0 Å². The predicted molar refractivity (Wildman–Crippen MR) is 78.7 cm³/mol. The van der Waals surface area contributed by atoms with Crippen LogP contribution in [0.15, 0.2) is 34.4 Å². The Hall–Kier alpha value is -1.46. The fourth-order valence-electron chi connectivity index (χ4n) is 2.03. The van der Waals surface area contributed by atoms with Crippen molar-refractivity contribution in [1.82, 2.24) is 9.78 Å². The van der Waals surface area contributed by atoms with E-state index in [1.54, 1.807) is 28.2 Å². The van der Waals surface area contributed by atoms with E-state index in [-0.39, 0.29) is 5.56 Å². The van der Waals surface area contributed by atoms with Gasteiger partial charge in [-0.05, 0) is 31.4 Å². The van der Waals surface area contributed by atoms with Crippen molar-refractivity contribution in [3.05, 3.63) is 40.0 Å². The molecular weight excluding hydrogens is 258 g/mol. The van der Waals surface area contributed by atoms with Crippen molar-refractivity contribution < 1.29 is 4.90 Å². The first-order chi connectivity index (χ1) is 9.24. The highest BCUT2D eigenvalue weighted by molar-refractivity contribution is 7.13. The lowest BCUT2D eigenvalue weighted by molar-refractivity contribution is -0.897. The van der Waals surface area contributed by atoms with Crippen molar-refractivity contribution in [2.24, 2.45) is 0 Å². The van der Waals surface area contributed by atoms with Crippen LogP contribution in [0, 0.1) is 0 Å². The van der Waals surface area contributed by atoms with Crippen LogP contribution < -0.4 is 10.5 Å². The van der Waals surface area contributed by atoms with Crippen LogP contribution in [0.4, 0.5) is 0 Å². The standard InChI is InChI=1S/C14H19N3OS/c1-3-16(4-2)9-10-17-14(18)8-7-12(15-17)13-6-5-11-19-13/h5-8,11H,3-4,9-10H2,1-2H3/p+1. The van der Waals surface area contributed by atoms with Crippen LogP contribution in [-0.2, 0) is 6.54 Å². The first-order valence-corrected chi connectivity index (χ1v) is 7.58. The fraction of sp³-hybridized carbons (Fsp3) is 0.429. The number of hydrogen-bond donors (Lipinski definition) is 1. The average Bonchev–Trinajstić information content (AvgIpc) is 2.96. The molecule has 0 aliphatic rings. The largest absolute Gasteiger partial charge is 0.334 e. The first-order valence-electron chi connectivity index (χ1n) is 6.70. The van der Waals surface area contributed by atoms with E-state index < -0.39 is 0 Å². The van der Waals surface area contributed by atoms with E-state index in [1.165, 1.54) is 4.90 Å². The van der Waals surface area contributed by atoms with Gasteiger partial charge in [-0.1, -0.05) is 6.07 Å². The molecule has 0 spiro atoms. The van der Waals surface area contributed by atoms with Crippen LogP contribution in [0.1, 0.15) is 13.8 Å². The molecule has 2 aromatic heterocycles. The van der Waals surface area contributed by atoms with Crippen LogP contribution >= 0.6 is 11.3 Å². The summed E-state index contributed by atoms with van der Waals surface area (Å²) < 4.78 is 1.58. The third kappa shape index (κ3) is 3.52. The van der Waals surface area contributed by atoms with E-state index in [9.17, 15) is 4.79 Å². The van der Waals surface area contributed by atoms with Gasteiger partial charge in [0.05, 0.1) is 31.1 Å². The summed E-state index contributed by atoms with van der Waals surface area (Å²) in [5, 5.41) is 6.48. The zero-order valence-electron chi connectivity index (χ0n) is 11.4. The number of hydrogen-bond acceptors (Lipinski definition) is 3. The number of quaternary nitrogens is 1. The summed E-state index contributed by atoms with van der Waals surface area (Å²) in [6, 6.07) is 7.43. The Morgan fingerprint density at radius 3 is 2.68 bits per heavy atom. The third-order valence-corrected chi connectivity index (χ3v) is 4.21. The summed E-state index contributed by atoms with van der Waals surface area (Å²) in [4.78, 5) is 14.4. The van der Waals surface area contributed by atoms with Crippen LogP contribution in [-0.4, -0.2) is 29.4 Å². The SMILES string of the molecule is CC[NH+](CC)CCn1nc(-c2cccs2)ccc1=O. The topological polar surface area (TPSA) is 39.3 Å². The molecule has 5 heteroatoms. The molecule has 2 heterocycles. The molecule has 0 saturated carbocycles. The lowest BCUT2D eigenvalue weighted by Gasteiger charge is -2.15. The minimum absolute atomic E-state index is 0.0214. The Morgan fingerprint density at radius 1 is 1.26 bits per heavy atom. The van der Waals surface area contributed by atoms with Gasteiger partial charge < -0.3 is 4.90 Å². The lowest BCUT2D eigenvalue weighted by atomic mass is 10.3. The minimum Gasteiger partial charge on any atom is -0.334 e. The molecule has 1 N–H and O–H groups in total. The van der Waals surface area contributed by atoms with Crippen LogP contribution in [0.5, 0.6) is 0 Å². The zero-order chi connectivity index (χ0) is 13.7. The molecule has 0 aromatic carbocycles. The molecule has 102 valence electrons. The summed E-state index contributed by atoms with van der Waals surface area (Å²) in [6.45, 7) is 8.10. The van der Waals surface area contributed by atoms with E-state index in [0.717, 1.165) is 30.2 Å². The van der Waals surface area contributed by atoms with Crippen molar-refractivity contribution >= 4 is 11.3 Å². The molecule has 0 saturated heterocycles. The van der Waals surface area contributed by atoms with Gasteiger partial charge in [-0.15, -0.1) is 11.3 Å². The third-order valence-electron chi connectivity index (χ3n) is 3.32. The van der Waals surface area contributed by atoms with Gasteiger partial charge in [0.2, 0.25) is 0 Å². The van der Waals surface area contributed by atoms with Crippen molar-refractivity contribution in [2.75, 3.05) is 19.6 Å². The zero-order valence-corrected chi connectivity index (χ0v) is 12.2. The minimum atomic E-state index is -0.0214. The number of likely N-dealkylation sites (N-methyl/N-ethyl adjacent to an activating group) is 1. The Bertz CT molecular complexity index is 558. The van der Waals surface area contributed by atoms with E-state index in [4.69, 9.17) is 0 Å². The van der Waals surface area contributed by atoms with Gasteiger partial charge >= 0.3 is 0 Å². The van der Waals surface area contributed by atoms with Gasteiger partial charge in [-0.2, -0.15) is 5.10 Å². The Morgan fingerprint density at radius 2 is 2.05 bits per heavy atom. The van der Waals surface area contributed by atoms with Crippen LogP contribution in [0.2, 0.25) is 0 Å². The molecule has 19 heavy (non-hydrogen) atoms. The summed E-state index contributed by atoms with van der Waals surface area (Å²) in [5.41, 5.74) is 0.857. The smallest absolute Gasteiger partial charge is 0.266 e. The van der Waals surface area contributed by atoms with Gasteiger partial charge in [-0.3, -0.25) is 4.79 Å². The van der Waals surface area contributed by atoms with E-state index in [0.29, 0.717) is 6.54 Å². The van der Waals surface area contributed by atoms with Gasteiger partial charge in [-0.25, -0.2) is 4.68 Å². The second-order valence-electron chi connectivity index (χ2n) is 4.46. The number of nitrogens with one attached hydrogen (secondary N) is 1. The molecule has 0 bridgehead atoms. The summed E-state index contributed by atoms with van der Waals surface area (Å²) >= 11 is 1.64. The van der Waals surface area contributed by atoms with Crippen LogP contribution in [0.25, 0.3) is 10.6 Å². The second-order valence-corrected chi connectivity index (χ2v) is 5.41. The van der Waals surface area contributed by atoms with Crippen molar-refractivity contribution in [2.45, 2.75) is 20.4 Å². The Kier molecular flexibility index (Phi) is 4.87. The quantitative estimate of drug-likeness (QED) is 0.852. The molecular formula is C14H20N3OS+. The molecule has 2 rings (SSSR count). The highest BCUT2D eigenvalue weighted by atomic mass is 32.1. The van der Waals surface area contributed by atoms with Gasteiger partial charge in [0.25, 0.3) is 5.56 Å². The molecule has 2 aromatic rings. The van der Waals surface area contributed by atoms with Gasteiger partial charge in [0, 0.05) is 6.07 Å². The van der Waals surface area contributed by atoms with Gasteiger partial charge in [0.15, 0.2) is 0 Å². The van der Waals surface area contributed by atoms with Crippen molar-refractivity contribution in [3.63, 3.8) is 0 Å². The molecule has 0 amide bonds. The molecule has 0 unspecified atom stereocenters. The molecule has 0 aliphatic carbocycles. The molecule has 0 radical (unpaired) electrons. The Balaban J connectivity index is 2.16. The van der Waals surface area contributed by atoms with E-state index in [1.807, 2.05) is 17.5 Å². The van der Waals surface area contributed by atoms with Crippen LogP contribution in [0.3, 0.4) is 0 Å². The van der Waals surface area contributed by atoms with Gasteiger partial charge in [0.1, 0.15) is 5.69 Å². The normalized spacial score (nSPS) is 11.1. The first kappa shape index (κ1) is 14.0. The summed E-state index contributed by atoms with van der Waals surface area (Å²) in [5.74, 6) is 0. The Labute approximate surface area is 117 Å². The fourth-order valence-corrected chi connectivity index (χ4v) is 2.72.